The number of rotatable bonds is 2. The molecular formula is C39H38Br2Cl2Hf-2. The fraction of sp³-hybridized carbons (Fsp3) is 0.231. The van der Waals surface area contributed by atoms with Crippen LogP contribution in [0.5, 0.6) is 0 Å². The molecule has 0 unspecified atom stereocenters. The second kappa shape index (κ2) is 16.9. The second-order valence-corrected chi connectivity index (χ2v) is 16.3. The van der Waals surface area contributed by atoms with Gasteiger partial charge in [-0.1, -0.05) is 76.3 Å². The molecule has 5 aromatic rings. The third kappa shape index (κ3) is 10.5. The van der Waals surface area contributed by atoms with E-state index in [0.29, 0.717) is 0 Å². The standard InChI is InChI=1S/C21H25.C13H8Br2.C5H5.2ClH.Hf/c1-20(2,3)16-9-7-14-11-15-8-10-17(21(4,5)6)13-19(15)18(14)12-16;14-12-5-1-10(2-6-12)9-11-3-7-13(15)8-4-11;1-2-4-5-3-1;;;/h7,9-10,12-13H,11H2,1-6H3;1-8H;1-5H;2*1H;/q-1;;-1;;;+2/p-2. The monoisotopic (exact) mass is 914 g/mol. The van der Waals surface area contributed by atoms with Crippen molar-refractivity contribution in [1.82, 2.24) is 0 Å². The molecule has 0 nitrogen and oxygen atoms in total. The minimum Gasteiger partial charge on any atom is -1.00 e. The van der Waals surface area contributed by atoms with Crippen LogP contribution >= 0.6 is 31.9 Å². The van der Waals surface area contributed by atoms with Crippen LogP contribution in [0.15, 0.2) is 118 Å². The summed E-state index contributed by atoms with van der Waals surface area (Å²) < 4.78 is 3.68. The number of hydrogen-bond donors (Lipinski definition) is 0. The van der Waals surface area contributed by atoms with E-state index in [1.54, 1.807) is 0 Å². The predicted octanol–water partition coefficient (Wildman–Crippen LogP) is 5.39. The number of benzene rings is 4. The SMILES string of the molecule is Brc1ccc([C](=[Hf+2])c2ccc(Br)cc2)cc1.CC(C)(C)c1c[c-]c2c(c1)-c1cc(C(C)(C)C)ccc1C2.[Cl-].[Cl-].c1cc[cH-]c1. The Kier molecular flexibility index (Phi) is 14.9. The maximum atomic E-state index is 3.53. The van der Waals surface area contributed by atoms with Crippen LogP contribution in [0.2, 0.25) is 0 Å². The largest absolute Gasteiger partial charge is 1.00 e. The Bertz CT molecular complexity index is 1500. The number of fused-ring (bicyclic) bond motifs is 3. The summed E-state index contributed by atoms with van der Waals surface area (Å²) in [6.07, 6.45) is 1.03. The normalized spacial score (nSPS) is 11.3. The van der Waals surface area contributed by atoms with Gasteiger partial charge in [-0.2, -0.15) is 47.5 Å². The van der Waals surface area contributed by atoms with Crippen molar-refractivity contribution >= 4 is 35.1 Å². The van der Waals surface area contributed by atoms with Gasteiger partial charge in [0.1, 0.15) is 0 Å². The zero-order valence-corrected chi connectivity index (χ0v) is 34.4. The molecule has 0 atom stereocenters. The van der Waals surface area contributed by atoms with Crippen molar-refractivity contribution in [3.05, 3.63) is 158 Å². The van der Waals surface area contributed by atoms with E-state index in [9.17, 15) is 0 Å². The summed E-state index contributed by atoms with van der Waals surface area (Å²) in [5.41, 5.74) is 11.4. The number of halogens is 4. The van der Waals surface area contributed by atoms with Gasteiger partial charge >= 0.3 is 128 Å². The summed E-state index contributed by atoms with van der Waals surface area (Å²) in [4.78, 5) is 0. The summed E-state index contributed by atoms with van der Waals surface area (Å²) in [6.45, 7) is 13.6. The van der Waals surface area contributed by atoms with E-state index >= 15 is 0 Å². The molecule has 1 aliphatic rings. The van der Waals surface area contributed by atoms with Crippen molar-refractivity contribution in [3.8, 4) is 11.1 Å². The Morgan fingerprint density at radius 3 is 1.59 bits per heavy atom. The average molecular weight is 916 g/mol. The summed E-state index contributed by atoms with van der Waals surface area (Å²) in [6, 6.07) is 42.1. The maximum Gasteiger partial charge on any atom is -0.0132 e. The zero-order valence-electron chi connectivity index (χ0n) is 26.1. The molecule has 6 rings (SSSR count). The molecule has 44 heavy (non-hydrogen) atoms. The molecule has 1 aliphatic carbocycles. The Morgan fingerprint density at radius 1 is 0.682 bits per heavy atom. The third-order valence-corrected chi connectivity index (χ3v) is 10.5. The first-order valence-electron chi connectivity index (χ1n) is 14.3. The molecule has 0 bridgehead atoms. The summed E-state index contributed by atoms with van der Waals surface area (Å²) in [5, 5.41) is 0. The van der Waals surface area contributed by atoms with Crippen molar-refractivity contribution in [3.63, 3.8) is 0 Å². The van der Waals surface area contributed by atoms with E-state index in [4.69, 9.17) is 0 Å². The van der Waals surface area contributed by atoms with Crippen LogP contribution in [-0.4, -0.2) is 3.26 Å². The summed E-state index contributed by atoms with van der Waals surface area (Å²) in [7, 11) is 0. The third-order valence-electron chi connectivity index (χ3n) is 7.35. The van der Waals surface area contributed by atoms with Gasteiger partial charge in [0.15, 0.2) is 0 Å². The molecule has 0 aliphatic heterocycles. The first kappa shape index (κ1) is 38.7. The van der Waals surface area contributed by atoms with Gasteiger partial charge < -0.3 is 24.8 Å². The second-order valence-electron chi connectivity index (χ2n) is 12.7. The molecule has 228 valence electrons. The molecule has 5 heteroatoms. The Balaban J connectivity index is 0.000000260. The molecule has 5 aromatic carbocycles. The quantitative estimate of drug-likeness (QED) is 0.162. The molecule has 0 fully saturated rings. The van der Waals surface area contributed by atoms with E-state index in [0.717, 1.165) is 39.3 Å². The van der Waals surface area contributed by atoms with E-state index in [1.807, 2.05) is 30.3 Å². The van der Waals surface area contributed by atoms with E-state index in [1.165, 1.54) is 47.8 Å². The fourth-order valence-electron chi connectivity index (χ4n) is 4.71. The molecule has 0 heterocycles. The number of hydrogen-bond acceptors (Lipinski definition) is 0. The first-order chi connectivity index (χ1) is 19.8. The molecule has 0 spiro atoms. The molecular weight excluding hydrogens is 878 g/mol. The molecule has 0 saturated carbocycles. The van der Waals surface area contributed by atoms with Gasteiger partial charge in [-0.3, -0.25) is 0 Å². The molecule has 0 saturated heterocycles. The van der Waals surface area contributed by atoms with Crippen molar-refractivity contribution < 1.29 is 48.7 Å². The van der Waals surface area contributed by atoms with Crippen LogP contribution in [0.25, 0.3) is 11.1 Å². The van der Waals surface area contributed by atoms with Crippen LogP contribution < -0.4 is 24.8 Å². The predicted molar refractivity (Wildman–Crippen MR) is 184 cm³/mol. The summed E-state index contributed by atoms with van der Waals surface area (Å²) in [5.74, 6) is 0. The van der Waals surface area contributed by atoms with Gasteiger partial charge in [0.25, 0.3) is 0 Å². The van der Waals surface area contributed by atoms with E-state index in [2.05, 4.69) is 158 Å². The van der Waals surface area contributed by atoms with E-state index < -0.39 is 0 Å². The van der Waals surface area contributed by atoms with Crippen molar-refractivity contribution in [1.29, 1.82) is 0 Å². The maximum absolute atomic E-state index is 3.53. The Morgan fingerprint density at radius 2 is 1.16 bits per heavy atom. The Hall–Kier alpha value is -1.49. The van der Waals surface area contributed by atoms with Crippen LogP contribution in [0, 0.1) is 6.07 Å². The van der Waals surface area contributed by atoms with Gasteiger partial charge in [-0.05, 0) is 17.4 Å². The van der Waals surface area contributed by atoms with Crippen LogP contribution in [0.1, 0.15) is 74.9 Å². The zero-order chi connectivity index (χ0) is 30.5. The molecule has 0 amide bonds. The fourth-order valence-corrected chi connectivity index (χ4v) is 6.43. The van der Waals surface area contributed by atoms with Gasteiger partial charge in [0, 0.05) is 0 Å². The van der Waals surface area contributed by atoms with Gasteiger partial charge in [-0.25, -0.2) is 12.1 Å². The van der Waals surface area contributed by atoms with Crippen LogP contribution in [0.3, 0.4) is 0 Å². The first-order valence-corrected chi connectivity index (χ1v) is 17.7. The van der Waals surface area contributed by atoms with Crippen molar-refractivity contribution in [2.24, 2.45) is 0 Å². The topological polar surface area (TPSA) is 0 Å². The molecule has 0 radical (unpaired) electrons. The summed E-state index contributed by atoms with van der Waals surface area (Å²) >= 11 is 7.96. The average Bonchev–Trinajstić information content (AvgIpc) is 3.64. The molecule has 0 N–H and O–H groups in total. The molecule has 0 aromatic heterocycles. The Labute approximate surface area is 308 Å². The smallest absolute Gasteiger partial charge is 0.0132 e. The minimum atomic E-state index is 0. The van der Waals surface area contributed by atoms with Crippen LogP contribution in [-0.2, 0) is 41.1 Å². The van der Waals surface area contributed by atoms with Crippen molar-refractivity contribution in [2.45, 2.75) is 58.8 Å². The van der Waals surface area contributed by atoms with Gasteiger partial charge in [-0.15, -0.1) is 5.56 Å². The minimum absolute atomic E-state index is 0. The van der Waals surface area contributed by atoms with E-state index in [-0.39, 0.29) is 35.6 Å². The van der Waals surface area contributed by atoms with Crippen LogP contribution in [0.4, 0.5) is 0 Å². The van der Waals surface area contributed by atoms with Crippen molar-refractivity contribution in [2.75, 3.05) is 0 Å². The van der Waals surface area contributed by atoms with Gasteiger partial charge in [0.05, 0.1) is 0 Å². The van der Waals surface area contributed by atoms with Gasteiger partial charge in [0.2, 0.25) is 0 Å².